The van der Waals surface area contributed by atoms with Crippen LogP contribution in [0.1, 0.15) is 18.5 Å². The molecule has 0 bridgehead atoms. The van der Waals surface area contributed by atoms with E-state index in [1.165, 1.54) is 12.4 Å². The molecule has 7 heteroatoms. The predicted octanol–water partition coefficient (Wildman–Crippen LogP) is 2.17. The van der Waals surface area contributed by atoms with Crippen molar-refractivity contribution in [2.45, 2.75) is 22.8 Å². The third kappa shape index (κ3) is 3.37. The lowest BCUT2D eigenvalue weighted by Gasteiger charge is -2.14. The van der Waals surface area contributed by atoms with E-state index in [2.05, 4.69) is 14.9 Å². The van der Waals surface area contributed by atoms with E-state index in [0.29, 0.717) is 0 Å². The molecule has 0 saturated heterocycles. The zero-order valence-electron chi connectivity index (χ0n) is 10.6. The van der Waals surface area contributed by atoms with E-state index in [1.807, 2.05) is 37.4 Å². The summed E-state index contributed by atoms with van der Waals surface area (Å²) < 4.78 is 26.7. The zero-order chi connectivity index (χ0) is 13.9. The van der Waals surface area contributed by atoms with Crippen LogP contribution in [0.3, 0.4) is 0 Å². The van der Waals surface area contributed by atoms with Crippen molar-refractivity contribution in [2.75, 3.05) is 6.26 Å². The first-order valence-corrected chi connectivity index (χ1v) is 8.39. The Labute approximate surface area is 116 Å². The third-order valence-electron chi connectivity index (χ3n) is 2.73. The third-order valence-corrected chi connectivity index (χ3v) is 4.98. The highest BCUT2D eigenvalue weighted by Gasteiger charge is 2.19. The molecule has 1 atom stereocenters. The van der Waals surface area contributed by atoms with Crippen LogP contribution in [0.4, 0.5) is 0 Å². The number of aromatic amines is 1. The molecule has 1 heterocycles. The molecule has 1 aromatic heterocycles. The van der Waals surface area contributed by atoms with Crippen LogP contribution in [0.2, 0.25) is 0 Å². The molecule has 2 rings (SSSR count). The summed E-state index contributed by atoms with van der Waals surface area (Å²) in [4.78, 5) is 1.29. The van der Waals surface area contributed by atoms with Gasteiger partial charge < -0.3 is 0 Å². The maximum absolute atomic E-state index is 12.0. The van der Waals surface area contributed by atoms with Crippen molar-refractivity contribution in [3.8, 4) is 0 Å². The molecule has 5 nitrogen and oxygen atoms in total. The van der Waals surface area contributed by atoms with Crippen LogP contribution in [-0.4, -0.2) is 24.9 Å². The predicted molar refractivity (Wildman–Crippen MR) is 75.5 cm³/mol. The minimum atomic E-state index is -3.53. The molecule has 1 unspecified atom stereocenters. The molecule has 19 heavy (non-hydrogen) atoms. The molecule has 0 aliphatic rings. The highest BCUT2D eigenvalue weighted by molar-refractivity contribution is 7.98. The van der Waals surface area contributed by atoms with Crippen molar-refractivity contribution in [3.63, 3.8) is 0 Å². The minimum absolute atomic E-state index is 0.139. The van der Waals surface area contributed by atoms with Crippen LogP contribution in [0.25, 0.3) is 0 Å². The van der Waals surface area contributed by atoms with E-state index in [-0.39, 0.29) is 10.9 Å². The molecule has 102 valence electrons. The number of aromatic nitrogens is 2. The van der Waals surface area contributed by atoms with Crippen LogP contribution >= 0.6 is 11.8 Å². The van der Waals surface area contributed by atoms with Gasteiger partial charge in [-0.15, -0.1) is 11.8 Å². The Morgan fingerprint density at radius 3 is 2.53 bits per heavy atom. The second-order valence-electron chi connectivity index (χ2n) is 4.05. The van der Waals surface area contributed by atoms with Crippen LogP contribution < -0.4 is 4.72 Å². The van der Waals surface area contributed by atoms with Gasteiger partial charge in [0.25, 0.3) is 0 Å². The largest absolute Gasteiger partial charge is 0.284 e. The van der Waals surface area contributed by atoms with Gasteiger partial charge >= 0.3 is 0 Å². The van der Waals surface area contributed by atoms with E-state index < -0.39 is 10.0 Å². The molecular formula is C12H15N3O2S2. The number of sulfonamides is 1. The van der Waals surface area contributed by atoms with Gasteiger partial charge in [-0.3, -0.25) is 5.10 Å². The van der Waals surface area contributed by atoms with Gasteiger partial charge in [0.05, 0.1) is 6.20 Å². The van der Waals surface area contributed by atoms with E-state index in [9.17, 15) is 8.42 Å². The van der Waals surface area contributed by atoms with Crippen LogP contribution in [0.5, 0.6) is 0 Å². The fourth-order valence-corrected chi connectivity index (χ4v) is 3.19. The van der Waals surface area contributed by atoms with Gasteiger partial charge in [0.1, 0.15) is 4.90 Å². The van der Waals surface area contributed by atoms with Gasteiger partial charge in [-0.05, 0) is 30.9 Å². The van der Waals surface area contributed by atoms with Gasteiger partial charge in [0.2, 0.25) is 10.0 Å². The van der Waals surface area contributed by atoms with Gasteiger partial charge in [-0.25, -0.2) is 13.1 Å². The summed E-state index contributed by atoms with van der Waals surface area (Å²) in [6.45, 7) is 1.81. The number of thioether (sulfide) groups is 1. The smallest absolute Gasteiger partial charge is 0.244 e. The zero-order valence-corrected chi connectivity index (χ0v) is 12.3. The summed E-state index contributed by atoms with van der Waals surface area (Å²) in [5.41, 5.74) is 0.921. The molecule has 2 aromatic rings. The van der Waals surface area contributed by atoms with Crippen molar-refractivity contribution in [2.24, 2.45) is 0 Å². The Morgan fingerprint density at radius 2 is 2.00 bits per heavy atom. The van der Waals surface area contributed by atoms with E-state index in [1.54, 1.807) is 11.8 Å². The number of H-pyrrole nitrogens is 1. The summed E-state index contributed by atoms with van der Waals surface area (Å²) in [6, 6.07) is 7.50. The molecule has 0 fully saturated rings. The summed E-state index contributed by atoms with van der Waals surface area (Å²) >= 11 is 1.65. The SMILES string of the molecule is CSc1ccc(C(C)NS(=O)(=O)c2cn[nH]c2)cc1. The number of nitrogens with one attached hydrogen (secondary N) is 2. The number of hydrogen-bond acceptors (Lipinski definition) is 4. The number of hydrogen-bond donors (Lipinski definition) is 2. The highest BCUT2D eigenvalue weighted by atomic mass is 32.2. The standard InChI is InChI=1S/C12H15N3O2S2/c1-9(10-3-5-11(18-2)6-4-10)15-19(16,17)12-7-13-14-8-12/h3-9,15H,1-2H3,(H,13,14). The van der Waals surface area contributed by atoms with Crippen LogP contribution in [-0.2, 0) is 10.0 Å². The Balaban J connectivity index is 2.14. The summed E-state index contributed by atoms with van der Waals surface area (Å²) in [6.07, 6.45) is 4.64. The van der Waals surface area contributed by atoms with Crippen LogP contribution in [0.15, 0.2) is 46.5 Å². The Hall–Kier alpha value is -1.31. The molecule has 0 amide bonds. The molecule has 0 aliphatic carbocycles. The fraction of sp³-hybridized carbons (Fsp3) is 0.250. The normalized spacial score (nSPS) is 13.4. The van der Waals surface area contributed by atoms with Gasteiger partial charge in [0.15, 0.2) is 0 Å². The quantitative estimate of drug-likeness (QED) is 0.829. The average Bonchev–Trinajstić information content (AvgIpc) is 2.93. The first-order valence-electron chi connectivity index (χ1n) is 5.68. The topological polar surface area (TPSA) is 74.8 Å². The van der Waals surface area contributed by atoms with Gasteiger partial charge in [-0.2, -0.15) is 5.10 Å². The second kappa shape index (κ2) is 5.77. The molecule has 0 spiro atoms. The molecular weight excluding hydrogens is 282 g/mol. The molecule has 2 N–H and O–H groups in total. The number of rotatable bonds is 5. The minimum Gasteiger partial charge on any atom is -0.284 e. The van der Waals surface area contributed by atoms with Crippen molar-refractivity contribution in [1.29, 1.82) is 0 Å². The summed E-state index contributed by atoms with van der Waals surface area (Å²) in [5.74, 6) is 0. The first-order chi connectivity index (χ1) is 9.03. The van der Waals surface area contributed by atoms with Gasteiger partial charge in [0, 0.05) is 17.1 Å². The first kappa shape index (κ1) is 14.1. The summed E-state index contributed by atoms with van der Waals surface area (Å²) in [5, 5.41) is 6.14. The second-order valence-corrected chi connectivity index (χ2v) is 6.64. The van der Waals surface area contributed by atoms with Gasteiger partial charge in [-0.1, -0.05) is 12.1 Å². The lowest BCUT2D eigenvalue weighted by atomic mass is 10.1. The van der Waals surface area contributed by atoms with Crippen molar-refractivity contribution in [3.05, 3.63) is 42.2 Å². The van der Waals surface area contributed by atoms with Crippen molar-refractivity contribution < 1.29 is 8.42 Å². The maximum atomic E-state index is 12.0. The van der Waals surface area contributed by atoms with E-state index >= 15 is 0 Å². The fourth-order valence-electron chi connectivity index (χ4n) is 1.65. The van der Waals surface area contributed by atoms with Crippen LogP contribution in [0, 0.1) is 0 Å². The lowest BCUT2D eigenvalue weighted by Crippen LogP contribution is -2.26. The lowest BCUT2D eigenvalue weighted by molar-refractivity contribution is 0.567. The molecule has 0 aliphatic heterocycles. The Bertz CT molecular complexity index is 622. The average molecular weight is 297 g/mol. The van der Waals surface area contributed by atoms with Crippen molar-refractivity contribution in [1.82, 2.24) is 14.9 Å². The molecule has 1 aromatic carbocycles. The highest BCUT2D eigenvalue weighted by Crippen LogP contribution is 2.20. The monoisotopic (exact) mass is 297 g/mol. The number of benzene rings is 1. The van der Waals surface area contributed by atoms with Crippen molar-refractivity contribution >= 4 is 21.8 Å². The Morgan fingerprint density at radius 1 is 1.32 bits per heavy atom. The maximum Gasteiger partial charge on any atom is 0.244 e. The van der Waals surface area contributed by atoms with E-state index in [4.69, 9.17) is 0 Å². The number of nitrogens with zero attached hydrogens (tertiary/aromatic N) is 1. The molecule has 0 saturated carbocycles. The Kier molecular flexibility index (Phi) is 4.28. The molecule has 0 radical (unpaired) electrons. The summed E-state index contributed by atoms with van der Waals surface area (Å²) in [7, 11) is -3.53. The van der Waals surface area contributed by atoms with E-state index in [0.717, 1.165) is 10.5 Å².